The first-order valence-electron chi connectivity index (χ1n) is 8.30. The zero-order valence-electron chi connectivity index (χ0n) is 13.2. The summed E-state index contributed by atoms with van der Waals surface area (Å²) in [5.41, 5.74) is 2.77. The molecule has 2 rings (SSSR count). The fourth-order valence-corrected chi connectivity index (χ4v) is 2.82. The van der Waals surface area contributed by atoms with E-state index in [1.807, 2.05) is 0 Å². The summed E-state index contributed by atoms with van der Waals surface area (Å²) in [7, 11) is 0. The Kier molecular flexibility index (Phi) is 6.38. The predicted molar refractivity (Wildman–Crippen MR) is 85.1 cm³/mol. The molecule has 1 aromatic carbocycles. The number of ether oxygens (including phenoxy) is 1. The van der Waals surface area contributed by atoms with E-state index in [0.717, 1.165) is 25.4 Å². The summed E-state index contributed by atoms with van der Waals surface area (Å²) in [6, 6.07) is 6.63. The Morgan fingerprint density at radius 3 is 2.65 bits per heavy atom. The molecule has 0 spiro atoms. The summed E-state index contributed by atoms with van der Waals surface area (Å²) >= 11 is 0. The van der Waals surface area contributed by atoms with Crippen molar-refractivity contribution in [3.63, 3.8) is 0 Å². The van der Waals surface area contributed by atoms with E-state index in [1.54, 1.807) is 0 Å². The van der Waals surface area contributed by atoms with Crippen LogP contribution in [0.25, 0.3) is 0 Å². The third kappa shape index (κ3) is 4.52. The second-order valence-corrected chi connectivity index (χ2v) is 5.89. The summed E-state index contributed by atoms with van der Waals surface area (Å²) in [5, 5.41) is 0. The fourth-order valence-electron chi connectivity index (χ4n) is 2.82. The van der Waals surface area contributed by atoms with E-state index in [2.05, 4.69) is 36.9 Å². The van der Waals surface area contributed by atoms with Gasteiger partial charge in [0.15, 0.2) is 0 Å². The van der Waals surface area contributed by atoms with Gasteiger partial charge in [-0.25, -0.2) is 0 Å². The van der Waals surface area contributed by atoms with Crippen LogP contribution in [0.1, 0.15) is 63.5 Å². The minimum Gasteiger partial charge on any atom is -0.478 e. The normalized spacial score (nSPS) is 14.9. The summed E-state index contributed by atoms with van der Waals surface area (Å²) in [4.78, 5) is 2.43. The maximum absolute atomic E-state index is 5.86. The van der Waals surface area contributed by atoms with Crippen molar-refractivity contribution in [1.82, 2.24) is 4.90 Å². The van der Waals surface area contributed by atoms with Gasteiger partial charge in [0, 0.05) is 18.7 Å². The molecule has 20 heavy (non-hydrogen) atoms. The SMILES string of the molecule is CCCCCCCCN1COc2ccc(CC)cc2C1. The molecule has 0 amide bonds. The van der Waals surface area contributed by atoms with Crippen molar-refractivity contribution in [1.29, 1.82) is 0 Å². The molecule has 0 saturated heterocycles. The monoisotopic (exact) mass is 275 g/mol. The lowest BCUT2D eigenvalue weighted by atomic mass is 10.1. The largest absolute Gasteiger partial charge is 0.478 e. The molecule has 112 valence electrons. The van der Waals surface area contributed by atoms with Crippen LogP contribution in [0, 0.1) is 0 Å². The molecule has 0 fully saturated rings. The maximum atomic E-state index is 5.86. The van der Waals surface area contributed by atoms with Crippen molar-refractivity contribution in [3.05, 3.63) is 29.3 Å². The zero-order valence-corrected chi connectivity index (χ0v) is 13.2. The molecule has 1 aromatic rings. The molecule has 0 aromatic heterocycles. The fraction of sp³-hybridized carbons (Fsp3) is 0.667. The van der Waals surface area contributed by atoms with Gasteiger partial charge in [-0.1, -0.05) is 58.1 Å². The number of rotatable bonds is 8. The Morgan fingerprint density at radius 1 is 1.05 bits per heavy atom. The zero-order chi connectivity index (χ0) is 14.2. The van der Waals surface area contributed by atoms with Crippen molar-refractivity contribution >= 4 is 0 Å². The number of benzene rings is 1. The minimum absolute atomic E-state index is 0.757. The van der Waals surface area contributed by atoms with Gasteiger partial charge in [0.2, 0.25) is 0 Å². The van der Waals surface area contributed by atoms with E-state index in [-0.39, 0.29) is 0 Å². The second-order valence-electron chi connectivity index (χ2n) is 5.89. The van der Waals surface area contributed by atoms with Crippen LogP contribution >= 0.6 is 0 Å². The second kappa shape index (κ2) is 8.31. The molecule has 0 saturated carbocycles. The smallest absolute Gasteiger partial charge is 0.142 e. The van der Waals surface area contributed by atoms with E-state index in [4.69, 9.17) is 4.74 Å². The summed E-state index contributed by atoms with van der Waals surface area (Å²) in [5.74, 6) is 1.08. The van der Waals surface area contributed by atoms with Crippen LogP contribution in [-0.4, -0.2) is 18.2 Å². The van der Waals surface area contributed by atoms with Crippen molar-refractivity contribution in [3.8, 4) is 5.75 Å². The van der Waals surface area contributed by atoms with Gasteiger partial charge in [0.05, 0.1) is 0 Å². The van der Waals surface area contributed by atoms with Crippen LogP contribution in [0.15, 0.2) is 18.2 Å². The first-order chi connectivity index (χ1) is 9.83. The van der Waals surface area contributed by atoms with Crippen LogP contribution in [0.2, 0.25) is 0 Å². The highest BCUT2D eigenvalue weighted by Crippen LogP contribution is 2.26. The van der Waals surface area contributed by atoms with E-state index < -0.39 is 0 Å². The van der Waals surface area contributed by atoms with Crippen molar-refractivity contribution in [2.24, 2.45) is 0 Å². The third-order valence-corrected chi connectivity index (χ3v) is 4.16. The van der Waals surface area contributed by atoms with Crippen molar-refractivity contribution in [2.45, 2.75) is 65.3 Å². The summed E-state index contributed by atoms with van der Waals surface area (Å²) in [6.07, 6.45) is 9.27. The molecule has 1 aliphatic rings. The van der Waals surface area contributed by atoms with E-state index in [9.17, 15) is 0 Å². The number of hydrogen-bond donors (Lipinski definition) is 0. The Hall–Kier alpha value is -1.02. The van der Waals surface area contributed by atoms with Gasteiger partial charge in [0.1, 0.15) is 12.5 Å². The molecule has 0 N–H and O–H groups in total. The number of nitrogens with zero attached hydrogens (tertiary/aromatic N) is 1. The lowest BCUT2D eigenvalue weighted by Crippen LogP contribution is -2.32. The lowest BCUT2D eigenvalue weighted by Gasteiger charge is -2.29. The van der Waals surface area contributed by atoms with Gasteiger partial charge in [0.25, 0.3) is 0 Å². The molecular weight excluding hydrogens is 246 g/mol. The Bertz CT molecular complexity index is 402. The van der Waals surface area contributed by atoms with Gasteiger partial charge in [-0.3, -0.25) is 4.90 Å². The quantitative estimate of drug-likeness (QED) is 0.634. The van der Waals surface area contributed by atoms with Gasteiger partial charge in [-0.15, -0.1) is 0 Å². The number of aryl methyl sites for hydroxylation is 1. The molecule has 1 heterocycles. The van der Waals surface area contributed by atoms with E-state index in [1.165, 1.54) is 56.2 Å². The highest BCUT2D eigenvalue weighted by atomic mass is 16.5. The van der Waals surface area contributed by atoms with E-state index >= 15 is 0 Å². The van der Waals surface area contributed by atoms with E-state index in [0.29, 0.717) is 0 Å². The Labute approximate surface area is 124 Å². The van der Waals surface area contributed by atoms with Crippen molar-refractivity contribution in [2.75, 3.05) is 13.3 Å². The average molecular weight is 275 g/mol. The lowest BCUT2D eigenvalue weighted by molar-refractivity contribution is 0.0934. The van der Waals surface area contributed by atoms with Crippen LogP contribution in [0.3, 0.4) is 0 Å². The maximum Gasteiger partial charge on any atom is 0.142 e. The number of fused-ring (bicyclic) bond motifs is 1. The molecule has 0 radical (unpaired) electrons. The highest BCUT2D eigenvalue weighted by molar-refractivity contribution is 5.38. The topological polar surface area (TPSA) is 12.5 Å². The molecule has 1 aliphatic heterocycles. The third-order valence-electron chi connectivity index (χ3n) is 4.16. The average Bonchev–Trinajstić information content (AvgIpc) is 2.50. The minimum atomic E-state index is 0.757. The predicted octanol–water partition coefficient (Wildman–Crippen LogP) is 4.76. The molecule has 0 unspecified atom stereocenters. The first-order valence-corrected chi connectivity index (χ1v) is 8.30. The van der Waals surface area contributed by atoms with Crippen LogP contribution < -0.4 is 4.74 Å². The number of unbranched alkanes of at least 4 members (excludes halogenated alkanes) is 5. The van der Waals surface area contributed by atoms with Crippen LogP contribution in [0.4, 0.5) is 0 Å². The highest BCUT2D eigenvalue weighted by Gasteiger charge is 2.16. The molecule has 2 nitrogen and oxygen atoms in total. The van der Waals surface area contributed by atoms with Crippen LogP contribution in [-0.2, 0) is 13.0 Å². The summed E-state index contributed by atoms with van der Waals surface area (Å²) in [6.45, 7) is 7.46. The first kappa shape index (κ1) is 15.4. The molecule has 0 aliphatic carbocycles. The number of hydrogen-bond acceptors (Lipinski definition) is 2. The van der Waals surface area contributed by atoms with Crippen LogP contribution in [0.5, 0.6) is 5.75 Å². The molecule has 2 heteroatoms. The molecular formula is C18H29NO. The standard InChI is InChI=1S/C18H29NO/c1-3-5-6-7-8-9-12-19-14-17-13-16(4-2)10-11-18(17)20-15-19/h10-11,13H,3-9,12,14-15H2,1-2H3. The Balaban J connectivity index is 1.73. The molecule has 0 atom stereocenters. The van der Waals surface area contributed by atoms with Crippen molar-refractivity contribution < 1.29 is 4.74 Å². The van der Waals surface area contributed by atoms with Gasteiger partial charge in [-0.2, -0.15) is 0 Å². The summed E-state index contributed by atoms with van der Waals surface area (Å²) < 4.78 is 5.86. The van der Waals surface area contributed by atoms with Gasteiger partial charge >= 0.3 is 0 Å². The van der Waals surface area contributed by atoms with Gasteiger partial charge in [-0.05, 0) is 24.5 Å². The molecule has 0 bridgehead atoms. The van der Waals surface area contributed by atoms with Gasteiger partial charge < -0.3 is 4.74 Å². The Morgan fingerprint density at radius 2 is 1.85 bits per heavy atom.